The highest BCUT2D eigenvalue weighted by Crippen LogP contribution is 2.51. The van der Waals surface area contributed by atoms with Crippen LogP contribution in [0.15, 0.2) is 23.2 Å². The first-order valence-corrected chi connectivity index (χ1v) is 7.46. The molecular weight excluding hydrogens is 312 g/mol. The molecule has 0 saturated heterocycles. The van der Waals surface area contributed by atoms with Crippen molar-refractivity contribution in [1.82, 2.24) is 0 Å². The number of halogens is 4. The van der Waals surface area contributed by atoms with E-state index in [9.17, 15) is 13.2 Å². The molecular formula is C16H18F4N2O. The summed E-state index contributed by atoms with van der Waals surface area (Å²) in [7, 11) is 0. The average Bonchev–Trinajstić information content (AvgIpc) is 3.30. The maximum absolute atomic E-state index is 15.0. The first kappa shape index (κ1) is 16.1. The number of alkyl halides is 3. The zero-order chi connectivity index (χ0) is 17.0. The molecule has 1 aromatic carbocycles. The van der Waals surface area contributed by atoms with Crippen LogP contribution in [0.2, 0.25) is 0 Å². The third kappa shape index (κ3) is 2.56. The van der Waals surface area contributed by atoms with Crippen molar-refractivity contribution in [2.75, 3.05) is 5.73 Å². The van der Waals surface area contributed by atoms with Gasteiger partial charge < -0.3 is 10.5 Å². The van der Waals surface area contributed by atoms with Gasteiger partial charge in [-0.3, -0.25) is 0 Å². The number of nitrogens with two attached hydrogens (primary N) is 1. The molecule has 1 fully saturated rings. The molecule has 0 unspecified atom stereocenters. The number of aliphatic imine (C=N–C) groups is 1. The van der Waals surface area contributed by atoms with Gasteiger partial charge in [0.05, 0.1) is 0 Å². The molecule has 7 heteroatoms. The van der Waals surface area contributed by atoms with Crippen LogP contribution < -0.4 is 5.73 Å². The Morgan fingerprint density at radius 3 is 2.61 bits per heavy atom. The second kappa shape index (κ2) is 5.11. The Labute approximate surface area is 131 Å². The lowest BCUT2D eigenvalue weighted by atomic mass is 9.81. The molecule has 1 aromatic rings. The number of nitrogens with zero attached hydrogens (tertiary/aromatic N) is 1. The molecule has 0 radical (unpaired) electrons. The van der Waals surface area contributed by atoms with Crippen LogP contribution in [0, 0.1) is 11.7 Å². The van der Waals surface area contributed by atoms with Crippen molar-refractivity contribution in [3.05, 3.63) is 29.6 Å². The van der Waals surface area contributed by atoms with Crippen LogP contribution >= 0.6 is 0 Å². The fourth-order valence-electron chi connectivity index (χ4n) is 3.07. The minimum absolute atomic E-state index is 0.0893. The van der Waals surface area contributed by atoms with E-state index < -0.39 is 35.5 Å². The molecule has 2 aliphatic rings. The summed E-state index contributed by atoms with van der Waals surface area (Å²) in [5, 5.41) is 0. The Balaban J connectivity index is 2.07. The van der Waals surface area contributed by atoms with Crippen LogP contribution in [0.1, 0.15) is 32.3 Å². The van der Waals surface area contributed by atoms with Crippen molar-refractivity contribution >= 4 is 11.6 Å². The minimum Gasteiger partial charge on any atom is -0.468 e. The molecule has 1 heterocycles. The van der Waals surface area contributed by atoms with E-state index in [1.54, 1.807) is 0 Å². The zero-order valence-electron chi connectivity index (χ0n) is 12.8. The second-order valence-electron chi connectivity index (χ2n) is 6.41. The Bertz CT molecular complexity index is 659. The summed E-state index contributed by atoms with van der Waals surface area (Å²) < 4.78 is 63.1. The van der Waals surface area contributed by atoms with Gasteiger partial charge in [-0.15, -0.1) is 0 Å². The largest absolute Gasteiger partial charge is 0.468 e. The number of benzene rings is 1. The van der Waals surface area contributed by atoms with Crippen molar-refractivity contribution in [2.24, 2.45) is 10.9 Å². The Kier molecular flexibility index (Phi) is 3.57. The lowest BCUT2D eigenvalue weighted by Crippen LogP contribution is -2.55. The Morgan fingerprint density at radius 2 is 2.00 bits per heavy atom. The lowest BCUT2D eigenvalue weighted by Gasteiger charge is -2.41. The molecule has 3 rings (SSSR count). The van der Waals surface area contributed by atoms with Crippen molar-refractivity contribution < 1.29 is 22.3 Å². The van der Waals surface area contributed by atoms with E-state index in [1.165, 1.54) is 26.0 Å². The Hall–Kier alpha value is -1.79. The van der Waals surface area contributed by atoms with Crippen LogP contribution in [-0.4, -0.2) is 24.1 Å². The Morgan fingerprint density at radius 1 is 1.35 bits per heavy atom. The molecule has 3 nitrogen and oxygen atoms in total. The highest BCUT2D eigenvalue weighted by atomic mass is 19.3. The van der Waals surface area contributed by atoms with E-state index in [0.29, 0.717) is 12.8 Å². The van der Waals surface area contributed by atoms with Gasteiger partial charge in [-0.2, -0.15) is 0 Å². The third-order valence-electron chi connectivity index (χ3n) is 4.53. The summed E-state index contributed by atoms with van der Waals surface area (Å²) in [5.41, 5.74) is 3.88. The normalized spacial score (nSPS) is 31.5. The van der Waals surface area contributed by atoms with E-state index in [0.717, 1.165) is 6.07 Å². The molecule has 1 aliphatic heterocycles. The van der Waals surface area contributed by atoms with Crippen LogP contribution in [0.5, 0.6) is 0 Å². The number of hydrogen-bond acceptors (Lipinski definition) is 3. The van der Waals surface area contributed by atoms with Gasteiger partial charge >= 0.3 is 0 Å². The molecule has 23 heavy (non-hydrogen) atoms. The fraction of sp³-hybridized carbons (Fsp3) is 0.562. The van der Waals surface area contributed by atoms with E-state index >= 15 is 4.39 Å². The van der Waals surface area contributed by atoms with E-state index in [4.69, 9.17) is 10.5 Å². The second-order valence-corrected chi connectivity index (χ2v) is 6.41. The summed E-state index contributed by atoms with van der Waals surface area (Å²) >= 11 is 0. The van der Waals surface area contributed by atoms with Crippen molar-refractivity contribution in [1.29, 1.82) is 0 Å². The molecule has 0 spiro atoms. The van der Waals surface area contributed by atoms with E-state index in [2.05, 4.69) is 4.99 Å². The van der Waals surface area contributed by atoms with Crippen LogP contribution in [-0.2, 0) is 10.3 Å². The van der Waals surface area contributed by atoms with Gasteiger partial charge in [0.1, 0.15) is 11.4 Å². The molecule has 1 aliphatic carbocycles. The summed E-state index contributed by atoms with van der Waals surface area (Å²) in [6.07, 6.45) is -3.52. The van der Waals surface area contributed by atoms with Gasteiger partial charge in [0.15, 0.2) is 18.2 Å². The van der Waals surface area contributed by atoms with Crippen LogP contribution in [0.3, 0.4) is 0 Å². The fourth-order valence-corrected chi connectivity index (χ4v) is 3.07. The predicted octanol–water partition coefficient (Wildman–Crippen LogP) is 3.82. The summed E-state index contributed by atoms with van der Waals surface area (Å²) in [6, 6.07) is 3.63. The maximum Gasteiger partial charge on any atom is 0.289 e. The maximum atomic E-state index is 15.0. The first-order valence-electron chi connectivity index (χ1n) is 7.46. The van der Waals surface area contributed by atoms with Crippen LogP contribution in [0.4, 0.5) is 23.2 Å². The monoisotopic (exact) mass is 330 g/mol. The predicted molar refractivity (Wildman–Crippen MR) is 78.7 cm³/mol. The first-order chi connectivity index (χ1) is 10.7. The van der Waals surface area contributed by atoms with Gasteiger partial charge in [0, 0.05) is 24.1 Å². The van der Waals surface area contributed by atoms with Crippen LogP contribution in [0.25, 0.3) is 0 Å². The number of nitrogen functional groups attached to an aromatic ring is 1. The van der Waals surface area contributed by atoms with Gasteiger partial charge in [-0.1, -0.05) is 0 Å². The lowest BCUT2D eigenvalue weighted by molar-refractivity contribution is -0.161. The summed E-state index contributed by atoms with van der Waals surface area (Å²) in [6.45, 7) is 2.65. The minimum atomic E-state index is -3.32. The topological polar surface area (TPSA) is 47.6 Å². The molecule has 0 bridgehead atoms. The number of anilines is 1. The number of rotatable bonds is 3. The zero-order valence-corrected chi connectivity index (χ0v) is 12.8. The molecule has 2 N–H and O–H groups in total. The standard InChI is InChI=1S/C16H18F4N2O/c1-8-22-15(2,11-7-10(21)5-6-12(11)17)13(18)14(23-8)16(19,20)9-3-4-9/h5-7,9,13-14H,3-4,21H2,1-2H3/t13-,14-,15+/m0/s1. The molecule has 126 valence electrons. The SMILES string of the molecule is CC1=N[C@](C)(c2cc(N)ccc2F)[C@@H](F)[C@@H](C(F)(F)C2CC2)O1. The highest BCUT2D eigenvalue weighted by molar-refractivity contribution is 5.75. The number of ether oxygens (including phenoxy) is 1. The summed E-state index contributed by atoms with van der Waals surface area (Å²) in [5.74, 6) is -5.05. The molecule has 1 saturated carbocycles. The van der Waals surface area contributed by atoms with Gasteiger partial charge in [-0.25, -0.2) is 22.6 Å². The van der Waals surface area contributed by atoms with Gasteiger partial charge in [0.2, 0.25) is 0 Å². The van der Waals surface area contributed by atoms with Crippen molar-refractivity contribution in [2.45, 2.75) is 50.4 Å². The summed E-state index contributed by atoms with van der Waals surface area (Å²) in [4.78, 5) is 4.00. The molecule has 0 amide bonds. The highest BCUT2D eigenvalue weighted by Gasteiger charge is 2.62. The van der Waals surface area contributed by atoms with E-state index in [-0.39, 0.29) is 17.1 Å². The van der Waals surface area contributed by atoms with Crippen molar-refractivity contribution in [3.63, 3.8) is 0 Å². The third-order valence-corrected chi connectivity index (χ3v) is 4.53. The van der Waals surface area contributed by atoms with E-state index in [1.807, 2.05) is 0 Å². The molecule has 0 aromatic heterocycles. The van der Waals surface area contributed by atoms with Gasteiger partial charge in [-0.05, 0) is 38.0 Å². The smallest absolute Gasteiger partial charge is 0.289 e. The number of hydrogen-bond donors (Lipinski definition) is 1. The molecule has 3 atom stereocenters. The quantitative estimate of drug-likeness (QED) is 0.676. The average molecular weight is 330 g/mol. The van der Waals surface area contributed by atoms with Crippen molar-refractivity contribution in [3.8, 4) is 0 Å². The van der Waals surface area contributed by atoms with Gasteiger partial charge in [0.25, 0.3) is 5.92 Å².